The van der Waals surface area contributed by atoms with Gasteiger partial charge < -0.3 is 4.74 Å². The highest BCUT2D eigenvalue weighted by Crippen LogP contribution is 2.34. The predicted molar refractivity (Wildman–Crippen MR) is 81.3 cm³/mol. The van der Waals surface area contributed by atoms with Gasteiger partial charge in [0.05, 0.1) is 7.11 Å². The Balaban J connectivity index is 1.86. The molecule has 0 aliphatic heterocycles. The minimum absolute atomic E-state index is 0.924. The first kappa shape index (κ1) is 13.4. The van der Waals surface area contributed by atoms with Crippen molar-refractivity contribution in [1.29, 1.82) is 0 Å². The fourth-order valence-electron chi connectivity index (χ4n) is 1.52. The molecular weight excluding hydrogens is 260 g/mol. The number of methoxy groups -OCH3 is 1. The van der Waals surface area contributed by atoms with Gasteiger partial charge in [-0.1, -0.05) is 51.4 Å². The molecule has 2 aromatic carbocycles. The van der Waals surface area contributed by atoms with Crippen LogP contribution in [0.1, 0.15) is 11.1 Å². The fourth-order valence-corrected chi connectivity index (χ4v) is 3.61. The molecule has 0 amide bonds. The average molecular weight is 276 g/mol. The summed E-state index contributed by atoms with van der Waals surface area (Å²) in [5.74, 6) is 1.91. The van der Waals surface area contributed by atoms with Crippen LogP contribution in [0.4, 0.5) is 0 Å². The van der Waals surface area contributed by atoms with Crippen LogP contribution in [0.25, 0.3) is 0 Å². The topological polar surface area (TPSA) is 9.23 Å². The average Bonchev–Trinajstić information content (AvgIpc) is 2.41. The van der Waals surface area contributed by atoms with Crippen molar-refractivity contribution in [3.8, 4) is 5.75 Å². The van der Waals surface area contributed by atoms with Crippen molar-refractivity contribution in [3.05, 3.63) is 59.7 Å². The lowest BCUT2D eigenvalue weighted by Crippen LogP contribution is -1.84. The highest BCUT2D eigenvalue weighted by Gasteiger charge is 1.98. The van der Waals surface area contributed by atoms with Gasteiger partial charge in [-0.2, -0.15) is 0 Å². The molecule has 0 N–H and O–H groups in total. The lowest BCUT2D eigenvalue weighted by molar-refractivity contribution is 0.414. The molecule has 0 unspecified atom stereocenters. The van der Waals surface area contributed by atoms with E-state index >= 15 is 0 Å². The van der Waals surface area contributed by atoms with Crippen molar-refractivity contribution in [2.75, 3.05) is 7.11 Å². The molecule has 0 bridgehead atoms. The Kier molecular flexibility index (Phi) is 5.02. The number of aryl methyl sites for hydroxylation is 1. The van der Waals surface area contributed by atoms with Crippen molar-refractivity contribution in [2.45, 2.75) is 17.6 Å². The van der Waals surface area contributed by atoms with E-state index in [1.807, 2.05) is 33.7 Å². The third kappa shape index (κ3) is 4.00. The summed E-state index contributed by atoms with van der Waals surface area (Å²) in [5.41, 5.74) is 2.59. The molecule has 0 atom stereocenters. The van der Waals surface area contributed by atoms with E-state index in [9.17, 15) is 0 Å². The van der Waals surface area contributed by atoms with E-state index in [1.54, 1.807) is 7.11 Å². The highest BCUT2D eigenvalue weighted by atomic mass is 33.1. The van der Waals surface area contributed by atoms with Gasteiger partial charge in [0.15, 0.2) is 0 Å². The van der Waals surface area contributed by atoms with Crippen LogP contribution in [0.3, 0.4) is 0 Å². The summed E-state index contributed by atoms with van der Waals surface area (Å²) in [5, 5.41) is 0. The first-order valence-corrected chi connectivity index (χ1v) is 8.09. The second kappa shape index (κ2) is 6.76. The van der Waals surface area contributed by atoms with E-state index in [1.165, 1.54) is 16.0 Å². The van der Waals surface area contributed by atoms with Gasteiger partial charge in [0.25, 0.3) is 0 Å². The summed E-state index contributed by atoms with van der Waals surface area (Å²) in [4.78, 5) is 1.30. The van der Waals surface area contributed by atoms with Crippen molar-refractivity contribution < 1.29 is 4.74 Å². The van der Waals surface area contributed by atoms with Crippen LogP contribution in [0.2, 0.25) is 0 Å². The van der Waals surface area contributed by atoms with Crippen LogP contribution in [-0.4, -0.2) is 7.11 Å². The number of hydrogen-bond acceptors (Lipinski definition) is 3. The third-order valence-electron chi connectivity index (χ3n) is 2.54. The molecular formula is C15H16OS2. The van der Waals surface area contributed by atoms with Gasteiger partial charge in [-0.3, -0.25) is 0 Å². The number of hydrogen-bond donors (Lipinski definition) is 0. The van der Waals surface area contributed by atoms with Gasteiger partial charge in [-0.05, 0) is 36.8 Å². The van der Waals surface area contributed by atoms with Crippen LogP contribution in [-0.2, 0) is 5.75 Å². The minimum Gasteiger partial charge on any atom is -0.497 e. The molecule has 0 aliphatic carbocycles. The van der Waals surface area contributed by atoms with E-state index in [0.29, 0.717) is 0 Å². The molecule has 0 aromatic heterocycles. The molecule has 0 aliphatic rings. The second-order valence-corrected chi connectivity index (χ2v) is 6.38. The van der Waals surface area contributed by atoms with E-state index in [0.717, 1.165) is 11.5 Å². The van der Waals surface area contributed by atoms with E-state index < -0.39 is 0 Å². The molecule has 0 saturated heterocycles. The smallest absolute Gasteiger partial charge is 0.119 e. The molecule has 1 nitrogen and oxygen atoms in total. The quantitative estimate of drug-likeness (QED) is 0.716. The summed E-state index contributed by atoms with van der Waals surface area (Å²) < 4.78 is 5.22. The van der Waals surface area contributed by atoms with Crippen molar-refractivity contribution >= 4 is 21.6 Å². The number of rotatable bonds is 5. The normalized spacial score (nSPS) is 10.3. The zero-order valence-electron chi connectivity index (χ0n) is 10.6. The lowest BCUT2D eigenvalue weighted by atomic mass is 10.2. The van der Waals surface area contributed by atoms with Crippen LogP contribution in [0, 0.1) is 6.92 Å². The first-order chi connectivity index (χ1) is 8.78. The van der Waals surface area contributed by atoms with Gasteiger partial charge in [0, 0.05) is 10.6 Å². The second-order valence-electron chi connectivity index (χ2n) is 4.01. The predicted octanol–water partition coefficient (Wildman–Crippen LogP) is 4.94. The Hall–Kier alpha value is -1.06. The van der Waals surface area contributed by atoms with Gasteiger partial charge >= 0.3 is 0 Å². The SMILES string of the molecule is COc1cccc(CSSc2ccc(C)cc2)c1. The van der Waals surface area contributed by atoms with E-state index in [-0.39, 0.29) is 0 Å². The maximum Gasteiger partial charge on any atom is 0.119 e. The molecule has 0 saturated carbocycles. The van der Waals surface area contributed by atoms with E-state index in [4.69, 9.17) is 4.74 Å². The van der Waals surface area contributed by atoms with Crippen molar-refractivity contribution in [1.82, 2.24) is 0 Å². The molecule has 0 fully saturated rings. The van der Waals surface area contributed by atoms with Crippen LogP contribution in [0.5, 0.6) is 5.75 Å². The molecule has 0 radical (unpaired) electrons. The van der Waals surface area contributed by atoms with Gasteiger partial charge in [0.1, 0.15) is 5.75 Å². The standard InChI is InChI=1S/C15H16OS2/c1-12-6-8-15(9-7-12)18-17-11-13-4-3-5-14(10-13)16-2/h3-10H,11H2,1-2H3. The Labute approximate surface area is 116 Å². The largest absolute Gasteiger partial charge is 0.497 e. The summed E-state index contributed by atoms with van der Waals surface area (Å²) in [7, 11) is 5.36. The van der Waals surface area contributed by atoms with Crippen LogP contribution >= 0.6 is 21.6 Å². The Morgan fingerprint density at radius 1 is 1.06 bits per heavy atom. The highest BCUT2D eigenvalue weighted by molar-refractivity contribution is 8.76. The van der Waals surface area contributed by atoms with Gasteiger partial charge in [0.2, 0.25) is 0 Å². The van der Waals surface area contributed by atoms with Crippen LogP contribution in [0.15, 0.2) is 53.4 Å². The maximum atomic E-state index is 5.22. The summed E-state index contributed by atoms with van der Waals surface area (Å²) in [6, 6.07) is 16.8. The molecule has 18 heavy (non-hydrogen) atoms. The molecule has 0 heterocycles. The van der Waals surface area contributed by atoms with Crippen molar-refractivity contribution in [2.24, 2.45) is 0 Å². The molecule has 0 spiro atoms. The zero-order valence-corrected chi connectivity index (χ0v) is 12.2. The number of ether oxygens (including phenoxy) is 1. The number of benzene rings is 2. The molecule has 3 heteroatoms. The monoisotopic (exact) mass is 276 g/mol. The Bertz CT molecular complexity index is 494. The molecule has 2 aromatic rings. The van der Waals surface area contributed by atoms with Gasteiger partial charge in [-0.25, -0.2) is 0 Å². The summed E-state index contributed by atoms with van der Waals surface area (Å²) in [6.45, 7) is 2.11. The fraction of sp³-hybridized carbons (Fsp3) is 0.200. The minimum atomic E-state index is 0.924. The lowest BCUT2D eigenvalue weighted by Gasteiger charge is -2.04. The third-order valence-corrected chi connectivity index (χ3v) is 4.85. The van der Waals surface area contributed by atoms with Gasteiger partial charge in [-0.15, -0.1) is 0 Å². The summed E-state index contributed by atoms with van der Waals surface area (Å²) >= 11 is 0. The molecule has 94 valence electrons. The van der Waals surface area contributed by atoms with Crippen LogP contribution < -0.4 is 4.74 Å². The molecule has 2 rings (SSSR count). The maximum absolute atomic E-state index is 5.22. The first-order valence-electron chi connectivity index (χ1n) is 5.77. The van der Waals surface area contributed by atoms with E-state index in [2.05, 4.69) is 43.3 Å². The van der Waals surface area contributed by atoms with Crippen molar-refractivity contribution in [3.63, 3.8) is 0 Å². The Morgan fingerprint density at radius 3 is 2.56 bits per heavy atom. The summed E-state index contributed by atoms with van der Waals surface area (Å²) in [6.07, 6.45) is 0. The Morgan fingerprint density at radius 2 is 1.83 bits per heavy atom. The zero-order chi connectivity index (χ0) is 12.8.